The Labute approximate surface area is 177 Å². The molecule has 0 saturated heterocycles. The SMILES string of the molecule is CC(Oc1ccc(C(C)C)cc1)C(=O)NNC(=O)COc1ccc(Cl)cc1Br. The van der Waals surface area contributed by atoms with Gasteiger partial charge < -0.3 is 9.47 Å². The number of amides is 2. The molecular formula is C20H22BrClN2O4. The quantitative estimate of drug-likeness (QED) is 0.595. The first-order valence-corrected chi connectivity index (χ1v) is 9.86. The van der Waals surface area contributed by atoms with Gasteiger partial charge in [0.05, 0.1) is 4.47 Å². The van der Waals surface area contributed by atoms with Crippen LogP contribution in [0.3, 0.4) is 0 Å². The predicted octanol–water partition coefficient (Wildman–Crippen LogP) is 4.22. The molecule has 0 aliphatic heterocycles. The fraction of sp³-hybridized carbons (Fsp3) is 0.300. The van der Waals surface area contributed by atoms with Gasteiger partial charge in [0.25, 0.3) is 11.8 Å². The van der Waals surface area contributed by atoms with Crippen molar-refractivity contribution >= 4 is 39.3 Å². The van der Waals surface area contributed by atoms with Gasteiger partial charge in [-0.1, -0.05) is 37.6 Å². The second-order valence-electron chi connectivity index (χ2n) is 6.38. The molecule has 0 radical (unpaired) electrons. The average molecular weight is 470 g/mol. The van der Waals surface area contributed by atoms with Gasteiger partial charge in [-0.15, -0.1) is 0 Å². The molecule has 0 aliphatic rings. The van der Waals surface area contributed by atoms with Crippen molar-refractivity contribution in [3.05, 3.63) is 57.5 Å². The Hall–Kier alpha value is -2.25. The number of carbonyl (C=O) groups excluding carboxylic acids is 2. The highest BCUT2D eigenvalue weighted by molar-refractivity contribution is 9.10. The van der Waals surface area contributed by atoms with Crippen LogP contribution in [0.5, 0.6) is 11.5 Å². The molecule has 2 amide bonds. The number of nitrogens with one attached hydrogen (secondary N) is 2. The molecule has 150 valence electrons. The summed E-state index contributed by atoms with van der Waals surface area (Å²) in [4.78, 5) is 23.9. The topological polar surface area (TPSA) is 76.7 Å². The molecule has 0 fully saturated rings. The van der Waals surface area contributed by atoms with Crippen LogP contribution in [0, 0.1) is 0 Å². The van der Waals surface area contributed by atoms with Crippen LogP contribution in [0.2, 0.25) is 5.02 Å². The summed E-state index contributed by atoms with van der Waals surface area (Å²) in [5.74, 6) is 0.472. The lowest BCUT2D eigenvalue weighted by atomic mass is 10.0. The smallest absolute Gasteiger partial charge is 0.279 e. The largest absolute Gasteiger partial charge is 0.483 e. The first-order valence-electron chi connectivity index (χ1n) is 8.69. The van der Waals surface area contributed by atoms with Crippen molar-refractivity contribution in [1.82, 2.24) is 10.9 Å². The van der Waals surface area contributed by atoms with E-state index in [4.69, 9.17) is 21.1 Å². The minimum absolute atomic E-state index is 0.271. The summed E-state index contributed by atoms with van der Waals surface area (Å²) in [6.07, 6.45) is -0.781. The molecule has 1 atom stereocenters. The fourth-order valence-corrected chi connectivity index (χ4v) is 2.99. The summed E-state index contributed by atoms with van der Waals surface area (Å²) in [6.45, 7) is 5.53. The summed E-state index contributed by atoms with van der Waals surface area (Å²) >= 11 is 9.14. The number of rotatable bonds is 7. The Morgan fingerprint density at radius 3 is 2.36 bits per heavy atom. The molecule has 2 rings (SSSR count). The maximum atomic E-state index is 12.1. The van der Waals surface area contributed by atoms with E-state index in [9.17, 15) is 9.59 Å². The monoisotopic (exact) mass is 468 g/mol. The number of benzene rings is 2. The highest BCUT2D eigenvalue weighted by Gasteiger charge is 2.16. The van der Waals surface area contributed by atoms with Gasteiger partial charge in [0.2, 0.25) is 0 Å². The van der Waals surface area contributed by atoms with Crippen molar-refractivity contribution in [2.24, 2.45) is 0 Å². The van der Waals surface area contributed by atoms with Crippen molar-refractivity contribution < 1.29 is 19.1 Å². The number of hydrazine groups is 1. The van der Waals surface area contributed by atoms with Gasteiger partial charge in [0.1, 0.15) is 11.5 Å². The molecule has 2 N–H and O–H groups in total. The van der Waals surface area contributed by atoms with E-state index in [1.54, 1.807) is 25.1 Å². The molecule has 0 aromatic heterocycles. The van der Waals surface area contributed by atoms with Crippen LogP contribution in [0.25, 0.3) is 0 Å². The van der Waals surface area contributed by atoms with Gasteiger partial charge in [-0.05, 0) is 64.7 Å². The Morgan fingerprint density at radius 1 is 1.07 bits per heavy atom. The van der Waals surface area contributed by atoms with Gasteiger partial charge in [-0.25, -0.2) is 0 Å². The molecule has 28 heavy (non-hydrogen) atoms. The third-order valence-corrected chi connectivity index (χ3v) is 4.66. The third kappa shape index (κ3) is 6.73. The molecule has 6 nitrogen and oxygen atoms in total. The lowest BCUT2D eigenvalue weighted by molar-refractivity contribution is -0.133. The zero-order valence-corrected chi connectivity index (χ0v) is 18.1. The first-order chi connectivity index (χ1) is 13.3. The zero-order chi connectivity index (χ0) is 20.7. The highest BCUT2D eigenvalue weighted by atomic mass is 79.9. The van der Waals surface area contributed by atoms with E-state index in [1.165, 1.54) is 5.56 Å². The normalized spacial score (nSPS) is 11.6. The van der Waals surface area contributed by atoms with Crippen molar-refractivity contribution in [2.75, 3.05) is 6.61 Å². The second-order valence-corrected chi connectivity index (χ2v) is 7.68. The van der Waals surface area contributed by atoms with E-state index >= 15 is 0 Å². The van der Waals surface area contributed by atoms with Crippen LogP contribution < -0.4 is 20.3 Å². The molecule has 0 spiro atoms. The van der Waals surface area contributed by atoms with Crippen molar-refractivity contribution in [3.63, 3.8) is 0 Å². The fourth-order valence-electron chi connectivity index (χ4n) is 2.19. The summed E-state index contributed by atoms with van der Waals surface area (Å²) in [6, 6.07) is 12.5. The van der Waals surface area contributed by atoms with E-state index in [0.29, 0.717) is 26.9 Å². The van der Waals surface area contributed by atoms with E-state index < -0.39 is 17.9 Å². The summed E-state index contributed by atoms with van der Waals surface area (Å²) in [5, 5.41) is 0.545. The Bertz CT molecular complexity index is 827. The number of carbonyl (C=O) groups is 2. The van der Waals surface area contributed by atoms with Crippen LogP contribution in [0.1, 0.15) is 32.3 Å². The summed E-state index contributed by atoms with van der Waals surface area (Å²) in [7, 11) is 0. The molecule has 8 heteroatoms. The Morgan fingerprint density at radius 2 is 1.75 bits per heavy atom. The zero-order valence-electron chi connectivity index (χ0n) is 15.8. The van der Waals surface area contributed by atoms with Crippen LogP contribution in [0.4, 0.5) is 0 Å². The van der Waals surface area contributed by atoms with Gasteiger partial charge >= 0.3 is 0 Å². The second kappa shape index (κ2) is 10.3. The van der Waals surface area contributed by atoms with Crippen molar-refractivity contribution in [2.45, 2.75) is 32.8 Å². The first kappa shape index (κ1) is 22.0. The molecular weight excluding hydrogens is 448 g/mol. The number of hydrogen-bond donors (Lipinski definition) is 2. The minimum atomic E-state index is -0.781. The minimum Gasteiger partial charge on any atom is -0.483 e. The van der Waals surface area contributed by atoms with Crippen molar-refractivity contribution in [3.8, 4) is 11.5 Å². The lowest BCUT2D eigenvalue weighted by Crippen LogP contribution is -2.48. The Kier molecular flexibility index (Phi) is 8.14. The molecule has 1 unspecified atom stereocenters. The number of ether oxygens (including phenoxy) is 2. The third-order valence-electron chi connectivity index (χ3n) is 3.81. The maximum Gasteiger partial charge on any atom is 0.279 e. The molecule has 0 aliphatic carbocycles. The van der Waals surface area contributed by atoms with Crippen LogP contribution in [-0.4, -0.2) is 24.5 Å². The van der Waals surface area contributed by atoms with Crippen LogP contribution in [-0.2, 0) is 9.59 Å². The van der Waals surface area contributed by atoms with Crippen LogP contribution in [0.15, 0.2) is 46.9 Å². The molecule has 2 aromatic rings. The maximum absolute atomic E-state index is 12.1. The summed E-state index contributed by atoms with van der Waals surface area (Å²) in [5.41, 5.74) is 5.79. The van der Waals surface area contributed by atoms with E-state index in [0.717, 1.165) is 0 Å². The molecule has 0 saturated carbocycles. The highest BCUT2D eigenvalue weighted by Crippen LogP contribution is 2.27. The van der Waals surface area contributed by atoms with E-state index in [-0.39, 0.29) is 6.61 Å². The van der Waals surface area contributed by atoms with Gasteiger partial charge in [0, 0.05) is 5.02 Å². The van der Waals surface area contributed by atoms with Gasteiger partial charge in [0.15, 0.2) is 12.7 Å². The Balaban J connectivity index is 1.76. The summed E-state index contributed by atoms with van der Waals surface area (Å²) < 4.78 is 11.6. The average Bonchev–Trinajstić information content (AvgIpc) is 2.65. The number of halogens is 2. The van der Waals surface area contributed by atoms with E-state index in [1.807, 2.05) is 24.3 Å². The molecule has 2 aromatic carbocycles. The lowest BCUT2D eigenvalue weighted by Gasteiger charge is -2.16. The van der Waals surface area contributed by atoms with Gasteiger partial charge in [-0.3, -0.25) is 20.4 Å². The predicted molar refractivity (Wildman–Crippen MR) is 112 cm³/mol. The molecule has 0 heterocycles. The van der Waals surface area contributed by atoms with Crippen molar-refractivity contribution in [1.29, 1.82) is 0 Å². The van der Waals surface area contributed by atoms with Gasteiger partial charge in [-0.2, -0.15) is 0 Å². The number of hydrogen-bond acceptors (Lipinski definition) is 4. The standard InChI is InChI=1S/C20H22BrClN2O4/c1-12(2)14-4-7-16(8-5-14)28-13(3)20(26)24-23-19(25)11-27-18-9-6-15(22)10-17(18)21/h4-10,12-13H,11H2,1-3H3,(H,23,25)(H,24,26). The van der Waals surface area contributed by atoms with E-state index in [2.05, 4.69) is 40.6 Å². The van der Waals surface area contributed by atoms with Crippen LogP contribution >= 0.6 is 27.5 Å². The molecule has 0 bridgehead atoms.